The largest absolute Gasteiger partial charge is 1.00 e. The quantitative estimate of drug-likeness (QED) is 0.249. The molecule has 11 heteroatoms. The van der Waals surface area contributed by atoms with Gasteiger partial charge in [-0.1, -0.05) is 65.3 Å². The summed E-state index contributed by atoms with van der Waals surface area (Å²) in [7, 11) is 0. The molecular weight excluding hydrogens is 471 g/mol. The summed E-state index contributed by atoms with van der Waals surface area (Å²) in [6.07, 6.45) is -0.748. The van der Waals surface area contributed by atoms with Gasteiger partial charge >= 0.3 is 64.5 Å². The summed E-state index contributed by atoms with van der Waals surface area (Å²) in [5, 5.41) is 5.83. The van der Waals surface area contributed by atoms with Crippen LogP contribution in [0.5, 0.6) is 0 Å². The molecule has 34 heavy (non-hydrogen) atoms. The molecule has 1 aliphatic rings. The summed E-state index contributed by atoms with van der Waals surface area (Å²) >= 11 is 0. The van der Waals surface area contributed by atoms with Gasteiger partial charge < -0.3 is 23.0 Å². The average Bonchev–Trinajstić information content (AvgIpc) is 3.11. The molecule has 3 aromatic rings. The van der Waals surface area contributed by atoms with Crippen LogP contribution >= 0.6 is 0 Å². The number of hydrogen-bond donors (Lipinski definition) is 1. The Morgan fingerprint density at radius 2 is 1.68 bits per heavy atom. The van der Waals surface area contributed by atoms with Crippen LogP contribution in [0.4, 0.5) is 23.4 Å². The molecule has 0 atom stereocenters. The molecule has 0 heterocycles. The first kappa shape index (κ1) is 26.3. The fourth-order valence-electron chi connectivity index (χ4n) is 4.20. The van der Waals surface area contributed by atoms with E-state index in [0.717, 1.165) is 28.3 Å². The van der Waals surface area contributed by atoms with Gasteiger partial charge in [0, 0.05) is 23.1 Å². The molecule has 1 amide bonds. The molecule has 0 aliphatic heterocycles. The van der Waals surface area contributed by atoms with Gasteiger partial charge in [0.1, 0.15) is 6.61 Å². The topological polar surface area (TPSA) is 87.1 Å². The molecule has 0 saturated heterocycles. The van der Waals surface area contributed by atoms with Crippen molar-refractivity contribution < 1.29 is 73.9 Å². The number of carbonyl (C=O) groups excluding carboxylic acids is 1. The Hall–Kier alpha value is -2.27. The fraction of sp³-hybridized carbons (Fsp3) is 0.174. The number of hydrogen-bond acceptors (Lipinski definition) is 3. The Morgan fingerprint density at radius 3 is 2.24 bits per heavy atom. The maximum absolute atomic E-state index is 13.4. The first-order chi connectivity index (χ1) is 15.8. The second-order valence-electron chi connectivity index (χ2n) is 7.77. The molecule has 0 bridgehead atoms. The molecule has 0 fully saturated rings. The number of halogens is 3. The van der Waals surface area contributed by atoms with Gasteiger partial charge in [-0.15, -0.1) is 5.46 Å². The van der Waals surface area contributed by atoms with Gasteiger partial charge in [0.05, 0.1) is 0 Å². The first-order valence-corrected chi connectivity index (χ1v) is 10.3. The predicted octanol–water partition coefficient (Wildman–Crippen LogP) is 3.03. The standard InChI is InChI=1S/C23H19BF3N4O2.K/c1-14-21(24(25,26)27)10-15(11-22(14)30-31-28)12-29-23(32)33-13-20-18-8-4-2-6-16(18)17-7-3-5-9-19(17)20;/h2-11,20H,12-13H2,1H3,(H,29,32);/q-1;+1. The Kier molecular flexibility index (Phi) is 8.51. The number of nitrogens with zero attached hydrogens (tertiary/aromatic N) is 3. The smallest absolute Gasteiger partial charge is 0.449 e. The van der Waals surface area contributed by atoms with E-state index in [1.54, 1.807) is 0 Å². The Balaban J connectivity index is 0.00000324. The van der Waals surface area contributed by atoms with E-state index >= 15 is 0 Å². The summed E-state index contributed by atoms with van der Waals surface area (Å²) < 4.78 is 45.6. The molecule has 1 N–H and O–H groups in total. The van der Waals surface area contributed by atoms with Crippen molar-refractivity contribution in [1.82, 2.24) is 5.32 Å². The molecule has 1 aliphatic carbocycles. The number of alkyl carbamates (subject to hydrolysis) is 1. The number of ether oxygens (including phenoxy) is 1. The van der Waals surface area contributed by atoms with Gasteiger partial charge in [-0.3, -0.25) is 0 Å². The number of nitrogens with one attached hydrogen (secondary N) is 1. The maximum atomic E-state index is 13.4. The number of benzene rings is 3. The SMILES string of the molecule is Cc1c(N=[N+]=[N-])cc(CNC(=O)OCC2c3ccccc3-c3ccccc32)cc1[B-](F)(F)F.[K+]. The summed E-state index contributed by atoms with van der Waals surface area (Å²) in [5.74, 6) is -0.126. The van der Waals surface area contributed by atoms with Crippen LogP contribution in [0.2, 0.25) is 0 Å². The van der Waals surface area contributed by atoms with Crippen molar-refractivity contribution in [1.29, 1.82) is 0 Å². The van der Waals surface area contributed by atoms with Crippen molar-refractivity contribution in [2.45, 2.75) is 19.4 Å². The van der Waals surface area contributed by atoms with Gasteiger partial charge in [-0.25, -0.2) is 4.79 Å². The van der Waals surface area contributed by atoms with Crippen molar-refractivity contribution in [2.75, 3.05) is 6.61 Å². The predicted molar refractivity (Wildman–Crippen MR) is 121 cm³/mol. The molecule has 0 spiro atoms. The fourth-order valence-corrected chi connectivity index (χ4v) is 4.20. The van der Waals surface area contributed by atoms with E-state index in [1.165, 1.54) is 13.0 Å². The molecule has 6 nitrogen and oxygen atoms in total. The molecule has 3 aromatic carbocycles. The molecule has 4 rings (SSSR count). The van der Waals surface area contributed by atoms with Crippen molar-refractivity contribution in [3.05, 3.63) is 93.4 Å². The van der Waals surface area contributed by atoms with Gasteiger partial charge in [0.2, 0.25) is 0 Å². The minimum absolute atomic E-state index is 0. The van der Waals surface area contributed by atoms with E-state index in [0.29, 0.717) is 0 Å². The van der Waals surface area contributed by atoms with Crippen LogP contribution in [0, 0.1) is 6.92 Å². The van der Waals surface area contributed by atoms with Crippen LogP contribution in [-0.2, 0) is 11.3 Å². The minimum atomic E-state index is -5.31. The summed E-state index contributed by atoms with van der Waals surface area (Å²) in [6.45, 7) is -4.18. The van der Waals surface area contributed by atoms with Crippen LogP contribution < -0.4 is 62.2 Å². The zero-order valence-electron chi connectivity index (χ0n) is 18.6. The third-order valence-corrected chi connectivity index (χ3v) is 5.77. The number of azide groups is 1. The van der Waals surface area contributed by atoms with E-state index in [9.17, 15) is 17.7 Å². The van der Waals surface area contributed by atoms with E-state index in [-0.39, 0.29) is 87.3 Å². The number of rotatable bonds is 6. The van der Waals surface area contributed by atoms with Gasteiger partial charge in [-0.05, 0) is 46.3 Å². The van der Waals surface area contributed by atoms with Gasteiger partial charge in [0.15, 0.2) is 0 Å². The second kappa shape index (κ2) is 11.0. The Bertz CT molecular complexity index is 1230. The molecule has 0 radical (unpaired) electrons. The third kappa shape index (κ3) is 5.51. The first-order valence-electron chi connectivity index (χ1n) is 10.3. The monoisotopic (exact) mass is 490 g/mol. The second-order valence-corrected chi connectivity index (χ2v) is 7.77. The normalized spacial score (nSPS) is 12.1. The van der Waals surface area contributed by atoms with Gasteiger partial charge in [0.25, 0.3) is 0 Å². The van der Waals surface area contributed by atoms with Crippen molar-refractivity contribution in [3.63, 3.8) is 0 Å². The Labute approximate surface area is 237 Å². The summed E-state index contributed by atoms with van der Waals surface area (Å²) in [5.41, 5.74) is 12.0. The maximum Gasteiger partial charge on any atom is 1.00 e. The van der Waals surface area contributed by atoms with Crippen LogP contribution in [0.1, 0.15) is 28.2 Å². The molecular formula is C23H19BF3KN4O2. The minimum Gasteiger partial charge on any atom is -0.449 e. The average molecular weight is 490 g/mol. The van der Waals surface area contributed by atoms with E-state index in [1.807, 2.05) is 48.5 Å². The van der Waals surface area contributed by atoms with Crippen LogP contribution in [0.25, 0.3) is 21.6 Å². The summed E-state index contributed by atoms with van der Waals surface area (Å²) in [4.78, 5) is 14.9. The zero-order valence-corrected chi connectivity index (χ0v) is 21.8. The molecule has 168 valence electrons. The van der Waals surface area contributed by atoms with E-state index < -0.39 is 18.5 Å². The van der Waals surface area contributed by atoms with Gasteiger partial charge in [-0.2, -0.15) is 0 Å². The molecule has 0 aromatic heterocycles. The molecule has 0 unspecified atom stereocenters. The number of amides is 1. The third-order valence-electron chi connectivity index (χ3n) is 5.77. The van der Waals surface area contributed by atoms with Crippen LogP contribution in [0.15, 0.2) is 65.8 Å². The number of fused-ring (bicyclic) bond motifs is 3. The van der Waals surface area contributed by atoms with Crippen molar-refractivity contribution in [2.24, 2.45) is 5.11 Å². The number of carbonyl (C=O) groups is 1. The zero-order chi connectivity index (χ0) is 23.6. The molecule has 0 saturated carbocycles. The van der Waals surface area contributed by atoms with Crippen molar-refractivity contribution >= 4 is 24.2 Å². The van der Waals surface area contributed by atoms with Crippen LogP contribution in [-0.4, -0.2) is 19.7 Å². The summed E-state index contributed by atoms with van der Waals surface area (Å²) in [6, 6.07) is 18.1. The van der Waals surface area contributed by atoms with E-state index in [2.05, 4.69) is 15.3 Å². The van der Waals surface area contributed by atoms with Crippen molar-refractivity contribution in [3.8, 4) is 11.1 Å². The Morgan fingerprint density at radius 1 is 1.09 bits per heavy atom. The van der Waals surface area contributed by atoms with E-state index in [4.69, 9.17) is 10.3 Å². The van der Waals surface area contributed by atoms with Crippen LogP contribution in [0.3, 0.4) is 0 Å².